The Bertz CT molecular complexity index is 586. The normalized spacial score (nSPS) is 21.6. The predicted octanol–water partition coefficient (Wildman–Crippen LogP) is 2.47. The number of Topliss-reactive ketones (excluding diaryl/α,β-unsaturated/α-hetero) is 1. The van der Waals surface area contributed by atoms with Gasteiger partial charge in [-0.25, -0.2) is 4.79 Å². The predicted molar refractivity (Wildman–Crippen MR) is 82.8 cm³/mol. The molecule has 124 valence electrons. The van der Waals surface area contributed by atoms with Crippen molar-refractivity contribution in [3.63, 3.8) is 0 Å². The number of nitrogens with zero attached hydrogens (tertiary/aromatic N) is 1. The molecule has 0 bridgehead atoms. The molecule has 0 radical (unpaired) electrons. The summed E-state index contributed by atoms with van der Waals surface area (Å²) < 4.78 is 5.25. The van der Waals surface area contributed by atoms with Crippen LogP contribution in [-0.4, -0.2) is 40.9 Å². The van der Waals surface area contributed by atoms with E-state index in [4.69, 9.17) is 4.74 Å². The largest absolute Gasteiger partial charge is 0.480 e. The molecule has 1 unspecified atom stereocenters. The lowest BCUT2D eigenvalue weighted by Crippen LogP contribution is -2.39. The second-order valence-electron chi connectivity index (χ2n) is 5.69. The first kappa shape index (κ1) is 17.0. The molecule has 1 aromatic carbocycles. The number of carboxylic acids is 1. The second-order valence-corrected chi connectivity index (χ2v) is 5.69. The zero-order chi connectivity index (χ0) is 16.9. The van der Waals surface area contributed by atoms with Crippen molar-refractivity contribution in [1.82, 2.24) is 4.90 Å². The monoisotopic (exact) mass is 319 g/mol. The number of amides is 1. The highest BCUT2D eigenvalue weighted by molar-refractivity contribution is 6.03. The van der Waals surface area contributed by atoms with Crippen LogP contribution in [0.3, 0.4) is 0 Å². The maximum atomic E-state index is 12.2. The van der Waals surface area contributed by atoms with Crippen LogP contribution < -0.4 is 0 Å². The molecule has 1 fully saturated rings. The molecule has 1 aliphatic heterocycles. The average Bonchev–Trinajstić information content (AvgIpc) is 2.73. The van der Waals surface area contributed by atoms with Gasteiger partial charge in [0.25, 0.3) is 0 Å². The van der Waals surface area contributed by atoms with Gasteiger partial charge in [0, 0.05) is 19.5 Å². The van der Waals surface area contributed by atoms with Gasteiger partial charge in [-0.15, -0.1) is 0 Å². The van der Waals surface area contributed by atoms with Crippen molar-refractivity contribution < 1.29 is 24.2 Å². The number of likely N-dealkylation sites (tertiary alicyclic amines) is 1. The molecule has 1 aliphatic rings. The molecular weight excluding hydrogens is 298 g/mol. The molecule has 1 saturated heterocycles. The lowest BCUT2D eigenvalue weighted by atomic mass is 9.77. The van der Waals surface area contributed by atoms with Gasteiger partial charge in [0.05, 0.1) is 0 Å². The summed E-state index contributed by atoms with van der Waals surface area (Å²) in [4.78, 5) is 37.3. The zero-order valence-corrected chi connectivity index (χ0v) is 13.2. The molecule has 0 aromatic heterocycles. The van der Waals surface area contributed by atoms with Crippen molar-refractivity contribution in [3.05, 3.63) is 35.9 Å². The van der Waals surface area contributed by atoms with Gasteiger partial charge >= 0.3 is 12.1 Å². The van der Waals surface area contributed by atoms with Crippen molar-refractivity contribution in [1.29, 1.82) is 0 Å². The van der Waals surface area contributed by atoms with Crippen molar-refractivity contribution >= 4 is 17.8 Å². The maximum absolute atomic E-state index is 12.2. The van der Waals surface area contributed by atoms with Crippen molar-refractivity contribution in [2.45, 2.75) is 32.8 Å². The van der Waals surface area contributed by atoms with Crippen LogP contribution in [0.4, 0.5) is 4.79 Å². The Morgan fingerprint density at radius 3 is 2.57 bits per heavy atom. The number of carbonyl (C=O) groups is 3. The van der Waals surface area contributed by atoms with Gasteiger partial charge < -0.3 is 14.7 Å². The first-order valence-electron chi connectivity index (χ1n) is 7.72. The number of ether oxygens (including phenoxy) is 1. The van der Waals surface area contributed by atoms with Crippen LogP contribution in [0.2, 0.25) is 0 Å². The van der Waals surface area contributed by atoms with Crippen LogP contribution in [0.15, 0.2) is 30.3 Å². The summed E-state index contributed by atoms with van der Waals surface area (Å²) in [5.41, 5.74) is -0.505. The third kappa shape index (κ3) is 3.70. The lowest BCUT2D eigenvalue weighted by molar-refractivity contribution is -0.155. The Morgan fingerprint density at radius 1 is 1.26 bits per heavy atom. The van der Waals surface area contributed by atoms with Gasteiger partial charge in [0.2, 0.25) is 0 Å². The number of carboxylic acid groups (broad SMARTS) is 1. The van der Waals surface area contributed by atoms with Crippen LogP contribution in [-0.2, 0) is 20.9 Å². The van der Waals surface area contributed by atoms with Crippen LogP contribution in [0, 0.1) is 5.41 Å². The van der Waals surface area contributed by atoms with Gasteiger partial charge in [0.1, 0.15) is 12.0 Å². The maximum Gasteiger partial charge on any atom is 0.410 e. The minimum absolute atomic E-state index is 0.0422. The Labute approximate surface area is 135 Å². The van der Waals surface area contributed by atoms with E-state index in [1.165, 1.54) is 4.90 Å². The summed E-state index contributed by atoms with van der Waals surface area (Å²) >= 11 is 0. The molecule has 23 heavy (non-hydrogen) atoms. The average molecular weight is 319 g/mol. The number of carbonyl (C=O) groups excluding carboxylic acids is 2. The Balaban J connectivity index is 1.98. The van der Waals surface area contributed by atoms with E-state index in [1.54, 1.807) is 6.92 Å². The summed E-state index contributed by atoms with van der Waals surface area (Å²) in [6.07, 6.45) is -0.119. The van der Waals surface area contributed by atoms with Crippen molar-refractivity contribution in [3.8, 4) is 0 Å². The van der Waals surface area contributed by atoms with Crippen LogP contribution >= 0.6 is 0 Å². The van der Waals surface area contributed by atoms with Crippen LogP contribution in [0.5, 0.6) is 0 Å². The number of ketones is 1. The fourth-order valence-corrected chi connectivity index (χ4v) is 2.80. The summed E-state index contributed by atoms with van der Waals surface area (Å²) in [5, 5.41) is 9.41. The molecule has 2 rings (SSSR count). The number of hydrogen-bond acceptors (Lipinski definition) is 4. The van der Waals surface area contributed by atoms with Gasteiger partial charge in [-0.3, -0.25) is 9.59 Å². The number of benzene rings is 1. The number of rotatable bonds is 4. The fourth-order valence-electron chi connectivity index (χ4n) is 2.80. The zero-order valence-electron chi connectivity index (χ0n) is 13.2. The van der Waals surface area contributed by atoms with E-state index in [-0.39, 0.29) is 44.7 Å². The molecular formula is C17H21NO5. The minimum Gasteiger partial charge on any atom is -0.480 e. The van der Waals surface area contributed by atoms with Crippen molar-refractivity contribution in [2.75, 3.05) is 13.1 Å². The summed E-state index contributed by atoms with van der Waals surface area (Å²) in [6.45, 7) is 2.25. The molecule has 0 spiro atoms. The number of aliphatic carboxylic acids is 1. The van der Waals surface area contributed by atoms with E-state index in [1.807, 2.05) is 30.3 Å². The third-order valence-electron chi connectivity index (χ3n) is 4.43. The minimum atomic E-state index is -1.38. The van der Waals surface area contributed by atoms with Crippen LogP contribution in [0.25, 0.3) is 0 Å². The highest BCUT2D eigenvalue weighted by atomic mass is 16.6. The first-order chi connectivity index (χ1) is 11.0. The van der Waals surface area contributed by atoms with E-state index >= 15 is 0 Å². The topological polar surface area (TPSA) is 83.9 Å². The van der Waals surface area contributed by atoms with E-state index in [2.05, 4.69) is 0 Å². The Kier molecular flexibility index (Phi) is 5.36. The Morgan fingerprint density at radius 2 is 1.96 bits per heavy atom. The number of hydrogen-bond donors (Lipinski definition) is 1. The highest BCUT2D eigenvalue weighted by Crippen LogP contribution is 2.32. The molecule has 1 atom stereocenters. The van der Waals surface area contributed by atoms with Crippen molar-refractivity contribution in [2.24, 2.45) is 5.41 Å². The lowest BCUT2D eigenvalue weighted by Gasteiger charge is -2.25. The molecule has 0 saturated carbocycles. The van der Waals surface area contributed by atoms with Gasteiger partial charge in [0.15, 0.2) is 5.78 Å². The highest BCUT2D eigenvalue weighted by Gasteiger charge is 2.45. The molecule has 1 N–H and O–H groups in total. The van der Waals surface area contributed by atoms with Crippen LogP contribution in [0.1, 0.15) is 31.7 Å². The van der Waals surface area contributed by atoms with Gasteiger partial charge in [-0.05, 0) is 18.4 Å². The molecule has 1 aromatic rings. The Hall–Kier alpha value is -2.37. The smallest absolute Gasteiger partial charge is 0.410 e. The van der Waals surface area contributed by atoms with E-state index in [0.717, 1.165) is 5.56 Å². The molecule has 1 amide bonds. The summed E-state index contributed by atoms with van der Waals surface area (Å²) in [7, 11) is 0. The van der Waals surface area contributed by atoms with E-state index in [9.17, 15) is 19.5 Å². The summed E-state index contributed by atoms with van der Waals surface area (Å²) in [6, 6.07) is 9.30. The third-order valence-corrected chi connectivity index (χ3v) is 4.43. The standard InChI is InChI=1S/C17H21NO5/c1-2-17(15(20)21)9-11-18(10-8-14(17)19)16(22)23-12-13-6-4-3-5-7-13/h3-7H,2,8-12H2,1H3,(H,20,21). The molecule has 1 heterocycles. The molecule has 6 nitrogen and oxygen atoms in total. The van der Waals surface area contributed by atoms with Gasteiger partial charge in [-0.2, -0.15) is 0 Å². The molecule has 6 heteroatoms. The van der Waals surface area contributed by atoms with E-state index < -0.39 is 17.5 Å². The van der Waals surface area contributed by atoms with Gasteiger partial charge in [-0.1, -0.05) is 37.3 Å². The summed E-state index contributed by atoms with van der Waals surface area (Å²) in [5.74, 6) is -1.42. The SMILES string of the molecule is CCC1(C(=O)O)CCN(C(=O)OCc2ccccc2)CCC1=O. The fraction of sp³-hybridized carbons (Fsp3) is 0.471. The van der Waals surface area contributed by atoms with E-state index in [0.29, 0.717) is 0 Å². The first-order valence-corrected chi connectivity index (χ1v) is 7.72. The second kappa shape index (κ2) is 7.26. The molecule has 0 aliphatic carbocycles. The quantitative estimate of drug-likeness (QED) is 0.862.